The van der Waals surface area contributed by atoms with Gasteiger partial charge in [0, 0.05) is 38.3 Å². The maximum Gasteiger partial charge on any atom is 0.413 e. The number of Topliss-reactive ketones (excluding diaryl/α,β-unsaturated/α-hetero) is 2. The SMILES string of the molecule is CCCCN(CC(=O)Nc1cc(N(C)C)c2c(c1O)C(O)=C1C(=O)C3C(O)=C(C(N)=O)C(=O)CC3CC1C2)C(=O)OCOC(=O)C1CCCCC1. The van der Waals surface area contributed by atoms with E-state index in [2.05, 4.69) is 5.32 Å². The molecule has 1 aromatic carbocycles. The molecule has 2 saturated carbocycles. The molecule has 51 heavy (non-hydrogen) atoms. The highest BCUT2D eigenvalue weighted by Gasteiger charge is 2.51. The lowest BCUT2D eigenvalue weighted by Crippen LogP contribution is -2.44. The minimum Gasteiger partial charge on any atom is -0.511 e. The molecule has 6 N–H and O–H groups in total. The lowest BCUT2D eigenvalue weighted by atomic mass is 9.61. The number of nitrogens with one attached hydrogen (secondary N) is 1. The zero-order valence-corrected chi connectivity index (χ0v) is 29.2. The molecule has 0 aliphatic heterocycles. The average molecular weight is 711 g/mol. The number of unbranched alkanes of at least 4 members (excludes halogenated alkanes) is 1. The Morgan fingerprint density at radius 1 is 1.02 bits per heavy atom. The van der Waals surface area contributed by atoms with Crippen molar-refractivity contribution in [2.45, 2.75) is 71.1 Å². The number of benzene rings is 1. The van der Waals surface area contributed by atoms with Gasteiger partial charge in [-0.25, -0.2) is 4.79 Å². The predicted octanol–water partition coefficient (Wildman–Crippen LogP) is 3.63. The topological polar surface area (TPSA) is 226 Å². The Hall–Kier alpha value is -5.08. The van der Waals surface area contributed by atoms with Crippen molar-refractivity contribution in [3.05, 3.63) is 34.1 Å². The van der Waals surface area contributed by atoms with Crippen LogP contribution in [0.3, 0.4) is 0 Å². The van der Waals surface area contributed by atoms with Crippen molar-refractivity contribution in [3.63, 3.8) is 0 Å². The van der Waals surface area contributed by atoms with Crippen molar-refractivity contribution in [3.8, 4) is 5.75 Å². The molecular formula is C36H46N4O11. The first-order chi connectivity index (χ1) is 24.2. The number of amides is 3. The highest BCUT2D eigenvalue weighted by atomic mass is 16.7. The fourth-order valence-electron chi connectivity index (χ4n) is 7.82. The molecule has 0 heterocycles. The second-order valence-electron chi connectivity index (χ2n) is 13.9. The maximum absolute atomic E-state index is 13.8. The molecule has 5 rings (SSSR count). The number of aliphatic hydroxyl groups is 2. The summed E-state index contributed by atoms with van der Waals surface area (Å²) in [5.74, 6) is -8.01. The average Bonchev–Trinajstić information content (AvgIpc) is 3.07. The molecule has 15 nitrogen and oxygen atoms in total. The van der Waals surface area contributed by atoms with Crippen molar-refractivity contribution in [1.82, 2.24) is 4.90 Å². The first-order valence-corrected chi connectivity index (χ1v) is 17.4. The summed E-state index contributed by atoms with van der Waals surface area (Å²) in [5.41, 5.74) is 5.48. The van der Waals surface area contributed by atoms with E-state index in [1.807, 2.05) is 6.92 Å². The van der Waals surface area contributed by atoms with Crippen LogP contribution in [0.1, 0.15) is 75.8 Å². The normalized spacial score (nSPS) is 21.7. The number of allylic oxidation sites excluding steroid dienone is 2. The zero-order chi connectivity index (χ0) is 37.1. The fraction of sp³-hybridized carbons (Fsp3) is 0.556. The second-order valence-corrected chi connectivity index (χ2v) is 13.9. The Bertz CT molecular complexity index is 1690. The van der Waals surface area contributed by atoms with Crippen LogP contribution in [0, 0.1) is 23.7 Å². The van der Waals surface area contributed by atoms with Crippen molar-refractivity contribution < 1.29 is 53.6 Å². The summed E-state index contributed by atoms with van der Waals surface area (Å²) in [6, 6.07) is 1.52. The van der Waals surface area contributed by atoms with Gasteiger partial charge in [-0.05, 0) is 55.6 Å². The van der Waals surface area contributed by atoms with Crippen molar-refractivity contribution in [2.24, 2.45) is 29.4 Å². The number of phenols is 1. The molecule has 3 atom stereocenters. The van der Waals surface area contributed by atoms with Crippen LogP contribution in [-0.4, -0.2) is 89.6 Å². The Kier molecular flexibility index (Phi) is 11.3. The number of aliphatic hydroxyl groups excluding tert-OH is 2. The van der Waals surface area contributed by atoms with Crippen LogP contribution in [0.15, 0.2) is 23.0 Å². The van der Waals surface area contributed by atoms with E-state index < -0.39 is 89.4 Å². The molecule has 2 fully saturated rings. The van der Waals surface area contributed by atoms with Gasteiger partial charge in [0.1, 0.15) is 29.4 Å². The molecule has 1 aromatic rings. The van der Waals surface area contributed by atoms with Crippen LogP contribution in [-0.2, 0) is 39.9 Å². The number of phenolic OH excluding ortho intramolecular Hbond substituents is 1. The molecule has 15 heteroatoms. The second kappa shape index (κ2) is 15.4. The number of esters is 1. The van der Waals surface area contributed by atoms with Gasteiger partial charge in [-0.15, -0.1) is 0 Å². The van der Waals surface area contributed by atoms with Gasteiger partial charge in [0.25, 0.3) is 5.91 Å². The number of anilines is 2. The number of ketones is 2. The van der Waals surface area contributed by atoms with E-state index in [9.17, 15) is 44.1 Å². The first kappa shape index (κ1) is 37.2. The van der Waals surface area contributed by atoms with Crippen molar-refractivity contribution in [2.75, 3.05) is 44.2 Å². The number of hydrogen-bond acceptors (Lipinski definition) is 12. The van der Waals surface area contributed by atoms with Crippen LogP contribution < -0.4 is 16.0 Å². The van der Waals surface area contributed by atoms with E-state index in [0.717, 1.165) is 37.0 Å². The van der Waals surface area contributed by atoms with Gasteiger partial charge in [-0.3, -0.25) is 28.9 Å². The van der Waals surface area contributed by atoms with Crippen LogP contribution >= 0.6 is 0 Å². The molecule has 3 amide bonds. The van der Waals surface area contributed by atoms with Gasteiger partial charge in [-0.1, -0.05) is 32.6 Å². The van der Waals surface area contributed by atoms with Gasteiger partial charge in [0.15, 0.2) is 11.6 Å². The van der Waals surface area contributed by atoms with Crippen LogP contribution in [0.2, 0.25) is 0 Å². The number of rotatable bonds is 11. The minimum absolute atomic E-state index is 0.0605. The van der Waals surface area contributed by atoms with Crippen LogP contribution in [0.25, 0.3) is 5.76 Å². The smallest absolute Gasteiger partial charge is 0.413 e. The maximum atomic E-state index is 13.8. The molecule has 0 spiro atoms. The predicted molar refractivity (Wildman–Crippen MR) is 183 cm³/mol. The Labute approximate surface area is 295 Å². The summed E-state index contributed by atoms with van der Waals surface area (Å²) in [4.78, 5) is 79.9. The summed E-state index contributed by atoms with van der Waals surface area (Å²) in [6.45, 7) is 1.03. The molecule has 4 aliphatic carbocycles. The van der Waals surface area contributed by atoms with Crippen LogP contribution in [0.4, 0.5) is 16.2 Å². The van der Waals surface area contributed by atoms with Gasteiger partial charge >= 0.3 is 12.1 Å². The molecule has 0 saturated heterocycles. The number of nitrogens with two attached hydrogens (primary N) is 1. The highest BCUT2D eigenvalue weighted by molar-refractivity contribution is 6.21. The van der Waals surface area contributed by atoms with E-state index in [4.69, 9.17) is 15.2 Å². The number of aromatic hydroxyl groups is 1. The van der Waals surface area contributed by atoms with Gasteiger partial charge in [-0.2, -0.15) is 0 Å². The molecule has 276 valence electrons. The number of ether oxygens (including phenoxy) is 2. The Balaban J connectivity index is 1.37. The molecule has 4 aliphatic rings. The summed E-state index contributed by atoms with van der Waals surface area (Å²) in [7, 11) is 3.46. The fourth-order valence-corrected chi connectivity index (χ4v) is 7.82. The van der Waals surface area contributed by atoms with Gasteiger partial charge in [0.2, 0.25) is 12.7 Å². The largest absolute Gasteiger partial charge is 0.511 e. The quantitative estimate of drug-likeness (QED) is 0.0961. The lowest BCUT2D eigenvalue weighted by Gasteiger charge is -2.41. The third-order valence-electron chi connectivity index (χ3n) is 10.3. The van der Waals surface area contributed by atoms with E-state index in [1.165, 1.54) is 6.07 Å². The number of primary amides is 1. The van der Waals surface area contributed by atoms with E-state index in [0.29, 0.717) is 24.1 Å². The standard InChI is InChI=1S/C36H46N4O11/c1-4-5-11-40(36(49)51-17-50-35(48)18-9-7-6-8-10-18)16-25(42)38-22-15-23(39(2)3)21-13-19-12-20-14-24(41)29(34(37)47)33(46)27(20)31(44)26(19)32(45)28(21)30(22)43/h15,18-20,27,43,45-46H,4-14,16-17H2,1-3H3,(H2,37,47)(H,38,42). The summed E-state index contributed by atoms with van der Waals surface area (Å²) >= 11 is 0. The number of carbonyl (C=O) groups excluding carboxylic acids is 6. The highest BCUT2D eigenvalue weighted by Crippen LogP contribution is 2.52. The molecule has 0 bridgehead atoms. The molecule has 0 aromatic heterocycles. The van der Waals surface area contributed by atoms with Gasteiger partial charge < -0.3 is 40.7 Å². The number of carbonyl (C=O) groups is 6. The zero-order valence-electron chi connectivity index (χ0n) is 29.2. The van der Waals surface area contributed by atoms with E-state index >= 15 is 0 Å². The number of hydrogen-bond donors (Lipinski definition) is 5. The van der Waals surface area contributed by atoms with Crippen LogP contribution in [0.5, 0.6) is 5.75 Å². The lowest BCUT2D eigenvalue weighted by molar-refractivity contribution is -0.158. The minimum atomic E-state index is -1.26. The van der Waals surface area contributed by atoms with Crippen molar-refractivity contribution in [1.29, 1.82) is 0 Å². The molecule has 0 radical (unpaired) electrons. The molecule has 3 unspecified atom stereocenters. The number of fused-ring (bicyclic) bond motifs is 3. The monoisotopic (exact) mass is 710 g/mol. The first-order valence-electron chi connectivity index (χ1n) is 17.4. The number of nitrogens with zero attached hydrogens (tertiary/aromatic N) is 2. The Morgan fingerprint density at radius 3 is 2.37 bits per heavy atom. The summed E-state index contributed by atoms with van der Waals surface area (Å²) in [6.07, 6.45) is 5.09. The van der Waals surface area contributed by atoms with Gasteiger partial charge in [0.05, 0.1) is 23.1 Å². The Morgan fingerprint density at radius 2 is 1.73 bits per heavy atom. The van der Waals surface area contributed by atoms with E-state index in [1.54, 1.807) is 19.0 Å². The van der Waals surface area contributed by atoms with E-state index in [-0.39, 0.29) is 48.5 Å². The van der Waals surface area contributed by atoms with Crippen molar-refractivity contribution >= 4 is 52.6 Å². The molecular weight excluding hydrogens is 664 g/mol. The summed E-state index contributed by atoms with van der Waals surface area (Å²) in [5, 5.41) is 36.5. The third kappa shape index (κ3) is 7.52. The summed E-state index contributed by atoms with van der Waals surface area (Å²) < 4.78 is 10.4. The third-order valence-corrected chi connectivity index (χ3v) is 10.3.